The first-order chi connectivity index (χ1) is 8.18. The van der Waals surface area contributed by atoms with Gasteiger partial charge in [0.2, 0.25) is 0 Å². The molecule has 0 unspecified atom stereocenters. The Bertz CT molecular complexity index is 275. The molecule has 1 rings (SSSR count). The van der Waals surface area contributed by atoms with Crippen LogP contribution in [-0.2, 0) is 0 Å². The summed E-state index contributed by atoms with van der Waals surface area (Å²) in [4.78, 5) is 2.61. The first kappa shape index (κ1) is 15.8. The highest BCUT2D eigenvalue weighted by molar-refractivity contribution is 5.14. The van der Waals surface area contributed by atoms with Gasteiger partial charge in [0.05, 0.1) is 0 Å². The zero-order chi connectivity index (χ0) is 13.8. The van der Waals surface area contributed by atoms with Gasteiger partial charge in [0.15, 0.2) is 0 Å². The van der Waals surface area contributed by atoms with Gasteiger partial charge in [0, 0.05) is 13.1 Å². The monoisotopic (exact) mass is 251 g/mol. The second-order valence-electron chi connectivity index (χ2n) is 8.05. The highest BCUT2D eigenvalue weighted by Crippen LogP contribution is 2.30. The fraction of sp³-hybridized carbons (Fsp3) is 0.882. The first-order valence-electron chi connectivity index (χ1n) is 7.60. The molecule has 0 amide bonds. The third kappa shape index (κ3) is 6.04. The SMILES string of the molecule is CC(C)(C)CCCCN1CC=C(C(C)(C)C)CC1. The molecule has 0 aliphatic carbocycles. The van der Waals surface area contributed by atoms with Gasteiger partial charge >= 0.3 is 0 Å². The summed E-state index contributed by atoms with van der Waals surface area (Å²) < 4.78 is 0. The van der Waals surface area contributed by atoms with E-state index in [-0.39, 0.29) is 0 Å². The molecule has 0 aromatic rings. The number of hydrogen-bond donors (Lipinski definition) is 0. The van der Waals surface area contributed by atoms with Crippen molar-refractivity contribution < 1.29 is 0 Å². The molecule has 0 aromatic carbocycles. The van der Waals surface area contributed by atoms with Crippen LogP contribution in [0.2, 0.25) is 0 Å². The predicted molar refractivity (Wildman–Crippen MR) is 81.9 cm³/mol. The number of nitrogens with zero attached hydrogens (tertiary/aromatic N) is 1. The molecule has 0 saturated carbocycles. The molecule has 18 heavy (non-hydrogen) atoms. The van der Waals surface area contributed by atoms with E-state index in [0.717, 1.165) is 0 Å². The Labute approximate surface area is 115 Å². The third-order valence-electron chi connectivity index (χ3n) is 3.91. The summed E-state index contributed by atoms with van der Waals surface area (Å²) in [7, 11) is 0. The highest BCUT2D eigenvalue weighted by atomic mass is 15.1. The van der Waals surface area contributed by atoms with E-state index in [0.29, 0.717) is 10.8 Å². The van der Waals surface area contributed by atoms with Crippen LogP contribution in [-0.4, -0.2) is 24.5 Å². The van der Waals surface area contributed by atoms with Crippen molar-refractivity contribution in [1.82, 2.24) is 4.90 Å². The fourth-order valence-electron chi connectivity index (χ4n) is 2.59. The van der Waals surface area contributed by atoms with Gasteiger partial charge in [-0.15, -0.1) is 0 Å². The minimum atomic E-state index is 0.373. The molecular formula is C17H33N. The molecule has 1 nitrogen and oxygen atoms in total. The maximum absolute atomic E-state index is 2.61. The predicted octanol–water partition coefficient (Wildman–Crippen LogP) is 4.88. The van der Waals surface area contributed by atoms with Crippen molar-refractivity contribution >= 4 is 0 Å². The Kier molecular flexibility index (Phi) is 5.46. The number of unbranched alkanes of at least 4 members (excludes halogenated alkanes) is 1. The van der Waals surface area contributed by atoms with E-state index in [1.165, 1.54) is 45.3 Å². The lowest BCUT2D eigenvalue weighted by atomic mass is 9.83. The van der Waals surface area contributed by atoms with Crippen molar-refractivity contribution in [2.75, 3.05) is 19.6 Å². The van der Waals surface area contributed by atoms with E-state index in [1.807, 2.05) is 0 Å². The Morgan fingerprint density at radius 3 is 2.17 bits per heavy atom. The van der Waals surface area contributed by atoms with Crippen LogP contribution >= 0.6 is 0 Å². The van der Waals surface area contributed by atoms with Gasteiger partial charge in [-0.2, -0.15) is 0 Å². The van der Waals surface area contributed by atoms with E-state index in [2.05, 4.69) is 52.5 Å². The Hall–Kier alpha value is -0.300. The lowest BCUT2D eigenvalue weighted by molar-refractivity contribution is 0.263. The molecule has 0 radical (unpaired) electrons. The zero-order valence-corrected chi connectivity index (χ0v) is 13.5. The van der Waals surface area contributed by atoms with E-state index in [9.17, 15) is 0 Å². The molecular weight excluding hydrogens is 218 g/mol. The summed E-state index contributed by atoms with van der Waals surface area (Å²) in [6, 6.07) is 0. The van der Waals surface area contributed by atoms with Crippen molar-refractivity contribution in [3.8, 4) is 0 Å². The highest BCUT2D eigenvalue weighted by Gasteiger charge is 2.20. The molecule has 0 aromatic heterocycles. The summed E-state index contributed by atoms with van der Waals surface area (Å²) in [6.45, 7) is 17.7. The van der Waals surface area contributed by atoms with Crippen LogP contribution in [0.3, 0.4) is 0 Å². The van der Waals surface area contributed by atoms with Crippen molar-refractivity contribution in [3.05, 3.63) is 11.6 Å². The quantitative estimate of drug-likeness (QED) is 0.508. The maximum atomic E-state index is 2.61. The van der Waals surface area contributed by atoms with E-state index >= 15 is 0 Å². The molecule has 1 aliphatic rings. The second kappa shape index (κ2) is 6.23. The Balaban J connectivity index is 2.22. The zero-order valence-electron chi connectivity index (χ0n) is 13.5. The van der Waals surface area contributed by atoms with E-state index < -0.39 is 0 Å². The molecule has 0 N–H and O–H groups in total. The molecule has 0 saturated heterocycles. The first-order valence-corrected chi connectivity index (χ1v) is 7.60. The smallest absolute Gasteiger partial charge is 0.0166 e. The average molecular weight is 251 g/mol. The van der Waals surface area contributed by atoms with Crippen LogP contribution in [0.25, 0.3) is 0 Å². The van der Waals surface area contributed by atoms with Gasteiger partial charge in [-0.05, 0) is 36.6 Å². The standard InChI is InChI=1S/C17H33N/c1-16(2,3)11-7-8-12-18-13-9-15(10-14-18)17(4,5)6/h9H,7-8,10-14H2,1-6H3. The minimum absolute atomic E-state index is 0.373. The second-order valence-corrected chi connectivity index (χ2v) is 8.05. The fourth-order valence-corrected chi connectivity index (χ4v) is 2.59. The normalized spacial score (nSPS) is 18.9. The average Bonchev–Trinajstić information content (AvgIpc) is 2.22. The van der Waals surface area contributed by atoms with Gasteiger partial charge in [-0.25, -0.2) is 0 Å². The Morgan fingerprint density at radius 1 is 1.06 bits per heavy atom. The topological polar surface area (TPSA) is 3.24 Å². The van der Waals surface area contributed by atoms with Crippen LogP contribution in [0, 0.1) is 10.8 Å². The van der Waals surface area contributed by atoms with Crippen molar-refractivity contribution in [2.24, 2.45) is 10.8 Å². The Morgan fingerprint density at radius 2 is 1.72 bits per heavy atom. The van der Waals surface area contributed by atoms with Crippen LogP contribution < -0.4 is 0 Å². The molecule has 1 heteroatoms. The van der Waals surface area contributed by atoms with Crippen molar-refractivity contribution in [3.63, 3.8) is 0 Å². The molecule has 0 atom stereocenters. The summed E-state index contributed by atoms with van der Waals surface area (Å²) in [5.74, 6) is 0. The van der Waals surface area contributed by atoms with Crippen LogP contribution in [0.1, 0.15) is 67.2 Å². The van der Waals surface area contributed by atoms with E-state index in [4.69, 9.17) is 0 Å². The van der Waals surface area contributed by atoms with Crippen molar-refractivity contribution in [1.29, 1.82) is 0 Å². The number of hydrogen-bond acceptors (Lipinski definition) is 1. The minimum Gasteiger partial charge on any atom is -0.299 e. The molecule has 0 bridgehead atoms. The molecule has 0 fully saturated rings. The molecule has 0 spiro atoms. The summed E-state index contributed by atoms with van der Waals surface area (Å²) in [5, 5.41) is 0. The molecule has 1 heterocycles. The largest absolute Gasteiger partial charge is 0.299 e. The summed E-state index contributed by atoms with van der Waals surface area (Å²) >= 11 is 0. The summed E-state index contributed by atoms with van der Waals surface area (Å²) in [5.41, 5.74) is 2.52. The summed E-state index contributed by atoms with van der Waals surface area (Å²) in [6.07, 6.45) is 7.81. The molecule has 1 aliphatic heterocycles. The lowest BCUT2D eigenvalue weighted by Gasteiger charge is -2.32. The van der Waals surface area contributed by atoms with Crippen molar-refractivity contribution in [2.45, 2.75) is 67.2 Å². The molecule has 106 valence electrons. The van der Waals surface area contributed by atoms with Crippen LogP contribution in [0.15, 0.2) is 11.6 Å². The van der Waals surface area contributed by atoms with E-state index in [1.54, 1.807) is 5.57 Å². The van der Waals surface area contributed by atoms with Crippen LogP contribution in [0.5, 0.6) is 0 Å². The third-order valence-corrected chi connectivity index (χ3v) is 3.91. The maximum Gasteiger partial charge on any atom is 0.0166 e. The van der Waals surface area contributed by atoms with Gasteiger partial charge in [0.1, 0.15) is 0 Å². The van der Waals surface area contributed by atoms with Gasteiger partial charge in [-0.1, -0.05) is 59.6 Å². The van der Waals surface area contributed by atoms with Gasteiger partial charge in [-0.3, -0.25) is 4.90 Å². The van der Waals surface area contributed by atoms with Crippen LogP contribution in [0.4, 0.5) is 0 Å². The van der Waals surface area contributed by atoms with Gasteiger partial charge < -0.3 is 0 Å². The van der Waals surface area contributed by atoms with Gasteiger partial charge in [0.25, 0.3) is 0 Å². The number of rotatable bonds is 4. The lowest BCUT2D eigenvalue weighted by Crippen LogP contribution is -2.32.